The Morgan fingerprint density at radius 2 is 2.20 bits per heavy atom. The van der Waals surface area contributed by atoms with E-state index in [9.17, 15) is 9.50 Å². The molecular weight excluding hydrogens is 191 g/mol. The van der Waals surface area contributed by atoms with E-state index in [2.05, 4.69) is 13.8 Å². The number of benzene rings is 1. The first-order chi connectivity index (χ1) is 7.03. The molecule has 1 aliphatic rings. The van der Waals surface area contributed by atoms with Crippen LogP contribution < -0.4 is 0 Å². The highest BCUT2D eigenvalue weighted by Gasteiger charge is 2.38. The van der Waals surface area contributed by atoms with E-state index < -0.39 is 5.60 Å². The molecule has 0 saturated heterocycles. The summed E-state index contributed by atoms with van der Waals surface area (Å²) in [7, 11) is 0. The Hall–Kier alpha value is -0.890. The van der Waals surface area contributed by atoms with Gasteiger partial charge >= 0.3 is 0 Å². The van der Waals surface area contributed by atoms with Gasteiger partial charge in [-0.05, 0) is 42.4 Å². The third kappa shape index (κ3) is 1.78. The minimum Gasteiger partial charge on any atom is -0.385 e. The topological polar surface area (TPSA) is 20.2 Å². The number of aliphatic hydroxyl groups is 1. The maximum absolute atomic E-state index is 13.5. The second-order valence-electron chi connectivity index (χ2n) is 4.90. The first-order valence-electron chi connectivity index (χ1n) is 5.53. The lowest BCUT2D eigenvalue weighted by Crippen LogP contribution is -2.24. The zero-order valence-electron chi connectivity index (χ0n) is 9.26. The molecule has 0 bridgehead atoms. The van der Waals surface area contributed by atoms with E-state index in [0.717, 1.165) is 5.56 Å². The molecule has 0 fully saturated rings. The maximum Gasteiger partial charge on any atom is 0.126 e. The molecule has 0 spiro atoms. The first-order valence-corrected chi connectivity index (χ1v) is 5.53. The quantitative estimate of drug-likeness (QED) is 0.792. The molecule has 15 heavy (non-hydrogen) atoms. The zero-order valence-corrected chi connectivity index (χ0v) is 9.26. The van der Waals surface area contributed by atoms with Gasteiger partial charge in [-0.2, -0.15) is 0 Å². The van der Waals surface area contributed by atoms with Gasteiger partial charge in [0, 0.05) is 0 Å². The number of hydrogen-bond acceptors (Lipinski definition) is 1. The van der Waals surface area contributed by atoms with Gasteiger partial charge < -0.3 is 5.11 Å². The van der Waals surface area contributed by atoms with E-state index in [1.165, 1.54) is 6.07 Å². The average molecular weight is 208 g/mol. The molecule has 0 amide bonds. The normalized spacial score (nSPS) is 24.6. The maximum atomic E-state index is 13.5. The molecule has 82 valence electrons. The summed E-state index contributed by atoms with van der Waals surface area (Å²) in [6.07, 6.45) is 2.02. The van der Waals surface area contributed by atoms with E-state index in [0.29, 0.717) is 30.7 Å². The van der Waals surface area contributed by atoms with Gasteiger partial charge in [-0.1, -0.05) is 26.0 Å². The molecule has 1 unspecified atom stereocenters. The largest absolute Gasteiger partial charge is 0.385 e. The van der Waals surface area contributed by atoms with E-state index >= 15 is 0 Å². The van der Waals surface area contributed by atoms with Crippen molar-refractivity contribution in [3.8, 4) is 0 Å². The number of fused-ring (bicyclic) bond motifs is 1. The van der Waals surface area contributed by atoms with Gasteiger partial charge in [0.05, 0.1) is 5.60 Å². The molecule has 1 aliphatic carbocycles. The van der Waals surface area contributed by atoms with Crippen molar-refractivity contribution in [1.82, 2.24) is 0 Å². The van der Waals surface area contributed by atoms with Crippen molar-refractivity contribution < 1.29 is 9.50 Å². The fraction of sp³-hybridized carbons (Fsp3) is 0.538. The van der Waals surface area contributed by atoms with Crippen LogP contribution in [0.5, 0.6) is 0 Å². The van der Waals surface area contributed by atoms with Crippen LogP contribution in [0.2, 0.25) is 0 Å². The molecule has 1 atom stereocenters. The SMILES string of the molecule is CC(C)CC1(O)CCc2c(F)cccc21. The molecule has 0 saturated carbocycles. The Kier molecular flexibility index (Phi) is 2.55. The van der Waals surface area contributed by atoms with E-state index in [1.807, 2.05) is 6.07 Å². The molecular formula is C13H17FO. The fourth-order valence-corrected chi connectivity index (χ4v) is 2.60. The molecule has 1 nitrogen and oxygen atoms in total. The van der Waals surface area contributed by atoms with E-state index in [1.54, 1.807) is 6.07 Å². The van der Waals surface area contributed by atoms with Crippen molar-refractivity contribution in [2.24, 2.45) is 5.92 Å². The van der Waals surface area contributed by atoms with Crippen LogP contribution in [0.25, 0.3) is 0 Å². The van der Waals surface area contributed by atoms with Gasteiger partial charge in [0.25, 0.3) is 0 Å². The minimum atomic E-state index is -0.800. The summed E-state index contributed by atoms with van der Waals surface area (Å²) < 4.78 is 13.5. The minimum absolute atomic E-state index is 0.174. The molecule has 1 N–H and O–H groups in total. The molecule has 2 rings (SSSR count). The molecule has 0 radical (unpaired) electrons. The van der Waals surface area contributed by atoms with Crippen LogP contribution in [0.15, 0.2) is 18.2 Å². The highest BCUT2D eigenvalue weighted by molar-refractivity contribution is 5.38. The van der Waals surface area contributed by atoms with Crippen LogP contribution in [-0.2, 0) is 12.0 Å². The van der Waals surface area contributed by atoms with Crippen LogP contribution in [0, 0.1) is 11.7 Å². The first kappa shape index (κ1) is 10.6. The Morgan fingerprint density at radius 1 is 1.47 bits per heavy atom. The Labute approximate surface area is 89.9 Å². The number of rotatable bonds is 2. The van der Waals surface area contributed by atoms with Crippen molar-refractivity contribution in [1.29, 1.82) is 0 Å². The smallest absolute Gasteiger partial charge is 0.126 e. The lowest BCUT2D eigenvalue weighted by atomic mass is 9.87. The third-order valence-electron chi connectivity index (χ3n) is 3.15. The van der Waals surface area contributed by atoms with Gasteiger partial charge in [0.2, 0.25) is 0 Å². The summed E-state index contributed by atoms with van der Waals surface area (Å²) in [5.74, 6) is 0.247. The molecule has 1 aromatic rings. The van der Waals surface area contributed by atoms with Crippen molar-refractivity contribution in [3.63, 3.8) is 0 Å². The molecule has 2 heteroatoms. The molecule has 0 aliphatic heterocycles. The summed E-state index contributed by atoms with van der Waals surface area (Å²) in [5.41, 5.74) is 0.711. The predicted octanol–water partition coefficient (Wildman–Crippen LogP) is 3.01. The van der Waals surface area contributed by atoms with Crippen LogP contribution in [0.3, 0.4) is 0 Å². The van der Waals surface area contributed by atoms with Gasteiger partial charge in [0.15, 0.2) is 0 Å². The van der Waals surface area contributed by atoms with Crippen molar-refractivity contribution in [2.45, 2.75) is 38.7 Å². The Morgan fingerprint density at radius 3 is 2.87 bits per heavy atom. The van der Waals surface area contributed by atoms with Crippen molar-refractivity contribution >= 4 is 0 Å². The highest BCUT2D eigenvalue weighted by Crippen LogP contribution is 2.41. The summed E-state index contributed by atoms with van der Waals surface area (Å²) in [4.78, 5) is 0. The summed E-state index contributed by atoms with van der Waals surface area (Å²) in [6, 6.07) is 5.01. The van der Waals surface area contributed by atoms with E-state index in [4.69, 9.17) is 0 Å². The summed E-state index contributed by atoms with van der Waals surface area (Å²) in [6.45, 7) is 4.16. The Balaban J connectivity index is 2.39. The third-order valence-corrected chi connectivity index (χ3v) is 3.15. The monoisotopic (exact) mass is 208 g/mol. The lowest BCUT2D eigenvalue weighted by Gasteiger charge is -2.26. The predicted molar refractivity (Wildman–Crippen MR) is 58.1 cm³/mol. The Bertz CT molecular complexity index is 373. The van der Waals surface area contributed by atoms with Gasteiger partial charge in [-0.15, -0.1) is 0 Å². The number of halogens is 1. The van der Waals surface area contributed by atoms with Gasteiger partial charge in [-0.25, -0.2) is 4.39 Å². The molecule has 0 heterocycles. The van der Waals surface area contributed by atoms with Crippen molar-refractivity contribution in [2.75, 3.05) is 0 Å². The standard InChI is InChI=1S/C13H17FO/c1-9(2)8-13(15)7-6-10-11(13)4-3-5-12(10)14/h3-5,9,15H,6-8H2,1-2H3. The summed E-state index contributed by atoms with van der Waals surface area (Å²) in [5, 5.41) is 10.5. The molecule has 0 aromatic heterocycles. The lowest BCUT2D eigenvalue weighted by molar-refractivity contribution is 0.0172. The highest BCUT2D eigenvalue weighted by atomic mass is 19.1. The van der Waals surface area contributed by atoms with E-state index in [-0.39, 0.29) is 5.82 Å². The van der Waals surface area contributed by atoms with Gasteiger partial charge in [0.1, 0.15) is 5.82 Å². The van der Waals surface area contributed by atoms with Crippen LogP contribution >= 0.6 is 0 Å². The second kappa shape index (κ2) is 3.60. The molecule has 1 aromatic carbocycles. The van der Waals surface area contributed by atoms with Crippen LogP contribution in [0.1, 0.15) is 37.8 Å². The fourth-order valence-electron chi connectivity index (χ4n) is 2.60. The zero-order chi connectivity index (χ0) is 11.1. The van der Waals surface area contributed by atoms with Gasteiger partial charge in [-0.3, -0.25) is 0 Å². The van der Waals surface area contributed by atoms with Crippen LogP contribution in [0.4, 0.5) is 4.39 Å². The number of hydrogen-bond donors (Lipinski definition) is 1. The van der Waals surface area contributed by atoms with Crippen molar-refractivity contribution in [3.05, 3.63) is 35.1 Å². The second-order valence-corrected chi connectivity index (χ2v) is 4.90. The average Bonchev–Trinajstić information content (AvgIpc) is 2.44. The summed E-state index contributed by atoms with van der Waals surface area (Å²) >= 11 is 0. The van der Waals surface area contributed by atoms with Crippen LogP contribution in [-0.4, -0.2) is 5.11 Å².